The maximum Gasteiger partial charge on any atom is 0.0371 e. The average Bonchev–Trinajstić information content (AvgIpc) is 2.04. The van der Waals surface area contributed by atoms with Gasteiger partial charge in [0.2, 0.25) is 0 Å². The van der Waals surface area contributed by atoms with E-state index in [1.165, 1.54) is 12.8 Å². The van der Waals surface area contributed by atoms with Crippen LogP contribution in [0.5, 0.6) is 0 Å². The van der Waals surface area contributed by atoms with Gasteiger partial charge in [0.05, 0.1) is 0 Å². The van der Waals surface area contributed by atoms with Crippen LogP contribution in [0.3, 0.4) is 0 Å². The number of hydrogen-bond acceptors (Lipinski definition) is 2. The van der Waals surface area contributed by atoms with Crippen molar-refractivity contribution in [3.63, 3.8) is 0 Å². The summed E-state index contributed by atoms with van der Waals surface area (Å²) in [5, 5.41) is 3.45. The molecule has 1 aliphatic heterocycles. The Balaban J connectivity index is 2.28. The van der Waals surface area contributed by atoms with E-state index in [9.17, 15) is 0 Å². The van der Waals surface area contributed by atoms with Crippen LogP contribution in [0.15, 0.2) is 0 Å². The van der Waals surface area contributed by atoms with Gasteiger partial charge in [-0.2, -0.15) is 0 Å². The lowest BCUT2D eigenvalue weighted by molar-refractivity contribution is 0.0376. The van der Waals surface area contributed by atoms with Gasteiger partial charge in [0.25, 0.3) is 0 Å². The van der Waals surface area contributed by atoms with Gasteiger partial charge in [-0.05, 0) is 25.2 Å². The summed E-state index contributed by atoms with van der Waals surface area (Å²) in [5.41, 5.74) is 6.74. The molecule has 1 saturated carbocycles. The van der Waals surface area contributed by atoms with Crippen molar-refractivity contribution in [2.75, 3.05) is 6.54 Å². The van der Waals surface area contributed by atoms with Gasteiger partial charge in [-0.25, -0.2) is 0 Å². The minimum absolute atomic E-state index is 0.257. The van der Waals surface area contributed by atoms with Crippen LogP contribution in [-0.4, -0.2) is 18.1 Å². The van der Waals surface area contributed by atoms with Crippen molar-refractivity contribution in [2.24, 2.45) is 11.1 Å². The van der Waals surface area contributed by atoms with Gasteiger partial charge in [-0.15, -0.1) is 0 Å². The van der Waals surface area contributed by atoms with Crippen molar-refractivity contribution < 1.29 is 0 Å². The Morgan fingerprint density at radius 3 is 2.40 bits per heavy atom. The third-order valence-corrected chi connectivity index (χ3v) is 3.85. The molecule has 1 heterocycles. The molecule has 0 bridgehead atoms. The molecule has 0 amide bonds. The molecule has 0 aromatic carbocycles. The zero-order valence-corrected chi connectivity index (χ0v) is 6.78. The SMILES string of the molecule is CC12NC[C@@]1(C)CC[C@H]2N. The van der Waals surface area contributed by atoms with Gasteiger partial charge < -0.3 is 11.1 Å². The number of nitrogens with two attached hydrogens (primary N) is 1. The quantitative estimate of drug-likeness (QED) is 0.513. The summed E-state index contributed by atoms with van der Waals surface area (Å²) in [4.78, 5) is 0. The van der Waals surface area contributed by atoms with E-state index in [1.807, 2.05) is 0 Å². The summed E-state index contributed by atoms with van der Waals surface area (Å²) in [6, 6.07) is 0.381. The Labute approximate surface area is 62.2 Å². The highest BCUT2D eigenvalue weighted by molar-refractivity contribution is 5.18. The fourth-order valence-corrected chi connectivity index (χ4v) is 2.36. The van der Waals surface area contributed by atoms with Crippen molar-refractivity contribution in [1.82, 2.24) is 5.32 Å². The highest BCUT2D eigenvalue weighted by Crippen LogP contribution is 2.50. The molecule has 0 aromatic rings. The van der Waals surface area contributed by atoms with Gasteiger partial charge >= 0.3 is 0 Å². The standard InChI is InChI=1S/C8H16N2/c1-7-4-3-6(9)8(7,2)10-5-7/h6,10H,3-5,9H2,1-2H3/t6-,7-,8?/m1/s1. The lowest BCUT2D eigenvalue weighted by atomic mass is 9.66. The molecule has 3 N–H and O–H groups in total. The Hall–Kier alpha value is -0.0800. The summed E-state index contributed by atoms with van der Waals surface area (Å²) in [5.74, 6) is 0. The number of nitrogens with one attached hydrogen (secondary N) is 1. The summed E-state index contributed by atoms with van der Waals surface area (Å²) in [6.07, 6.45) is 2.50. The van der Waals surface area contributed by atoms with Crippen molar-refractivity contribution in [3.8, 4) is 0 Å². The van der Waals surface area contributed by atoms with Gasteiger partial charge in [-0.1, -0.05) is 6.92 Å². The van der Waals surface area contributed by atoms with Gasteiger partial charge in [0, 0.05) is 18.1 Å². The van der Waals surface area contributed by atoms with E-state index in [-0.39, 0.29) is 5.54 Å². The van der Waals surface area contributed by atoms with Gasteiger partial charge in [-0.3, -0.25) is 0 Å². The lowest BCUT2D eigenvalue weighted by Crippen LogP contribution is -2.72. The molecule has 2 aliphatic rings. The molecule has 2 fully saturated rings. The maximum absolute atomic E-state index is 5.98. The fourth-order valence-electron chi connectivity index (χ4n) is 2.36. The first-order valence-corrected chi connectivity index (χ1v) is 4.09. The molecule has 10 heavy (non-hydrogen) atoms. The van der Waals surface area contributed by atoms with E-state index >= 15 is 0 Å². The highest BCUT2D eigenvalue weighted by atomic mass is 15.1. The first kappa shape index (κ1) is 6.62. The lowest BCUT2D eigenvalue weighted by Gasteiger charge is -2.54. The number of hydrogen-bond donors (Lipinski definition) is 2. The van der Waals surface area contributed by atoms with Crippen LogP contribution in [0.4, 0.5) is 0 Å². The van der Waals surface area contributed by atoms with E-state index in [0.29, 0.717) is 11.5 Å². The predicted molar refractivity (Wildman–Crippen MR) is 41.7 cm³/mol. The van der Waals surface area contributed by atoms with Crippen molar-refractivity contribution in [2.45, 2.75) is 38.3 Å². The molecule has 1 unspecified atom stereocenters. The Bertz CT molecular complexity index is 169. The molecule has 0 aromatic heterocycles. The normalized spacial score (nSPS) is 59.7. The summed E-state index contributed by atoms with van der Waals surface area (Å²) >= 11 is 0. The molecule has 0 spiro atoms. The monoisotopic (exact) mass is 140 g/mol. The number of fused-ring (bicyclic) bond motifs is 1. The van der Waals surface area contributed by atoms with Crippen molar-refractivity contribution in [3.05, 3.63) is 0 Å². The van der Waals surface area contributed by atoms with E-state index in [0.717, 1.165) is 6.54 Å². The summed E-state index contributed by atoms with van der Waals surface area (Å²) in [6.45, 7) is 5.77. The molecule has 2 nitrogen and oxygen atoms in total. The molecule has 3 atom stereocenters. The van der Waals surface area contributed by atoms with E-state index in [2.05, 4.69) is 19.2 Å². The third kappa shape index (κ3) is 0.487. The van der Waals surface area contributed by atoms with Gasteiger partial charge in [0.1, 0.15) is 0 Å². The first-order valence-electron chi connectivity index (χ1n) is 4.09. The Morgan fingerprint density at radius 2 is 2.20 bits per heavy atom. The molecule has 0 radical (unpaired) electrons. The third-order valence-electron chi connectivity index (χ3n) is 3.85. The van der Waals surface area contributed by atoms with Crippen LogP contribution < -0.4 is 11.1 Å². The molecule has 1 saturated heterocycles. The zero-order valence-electron chi connectivity index (χ0n) is 6.78. The van der Waals surface area contributed by atoms with E-state index < -0.39 is 0 Å². The minimum atomic E-state index is 0.257. The smallest absolute Gasteiger partial charge is 0.0371 e. The minimum Gasteiger partial charge on any atom is -0.326 e. The molecular formula is C8H16N2. The zero-order chi connectivity index (χ0) is 7.41. The molecule has 2 rings (SSSR count). The van der Waals surface area contributed by atoms with Crippen LogP contribution in [0, 0.1) is 5.41 Å². The topological polar surface area (TPSA) is 38.0 Å². The van der Waals surface area contributed by atoms with Crippen LogP contribution in [-0.2, 0) is 0 Å². The van der Waals surface area contributed by atoms with Crippen LogP contribution in [0.25, 0.3) is 0 Å². The summed E-state index contributed by atoms with van der Waals surface area (Å²) in [7, 11) is 0. The Kier molecular flexibility index (Phi) is 1.03. The molecular weight excluding hydrogens is 124 g/mol. The Morgan fingerprint density at radius 1 is 1.50 bits per heavy atom. The van der Waals surface area contributed by atoms with Crippen molar-refractivity contribution >= 4 is 0 Å². The fraction of sp³-hybridized carbons (Fsp3) is 1.00. The second-order valence-corrected chi connectivity index (χ2v) is 4.26. The van der Waals surface area contributed by atoms with E-state index in [4.69, 9.17) is 5.73 Å². The van der Waals surface area contributed by atoms with Crippen LogP contribution in [0.2, 0.25) is 0 Å². The van der Waals surface area contributed by atoms with E-state index in [1.54, 1.807) is 0 Å². The average molecular weight is 140 g/mol. The predicted octanol–water partition coefficient (Wildman–Crippen LogP) is 0.476. The van der Waals surface area contributed by atoms with Gasteiger partial charge in [0.15, 0.2) is 0 Å². The largest absolute Gasteiger partial charge is 0.326 e. The first-order chi connectivity index (χ1) is 4.58. The molecule has 58 valence electrons. The van der Waals surface area contributed by atoms with Crippen molar-refractivity contribution in [1.29, 1.82) is 0 Å². The highest BCUT2D eigenvalue weighted by Gasteiger charge is 2.59. The summed E-state index contributed by atoms with van der Waals surface area (Å²) < 4.78 is 0. The second kappa shape index (κ2) is 1.56. The maximum atomic E-state index is 5.98. The number of rotatable bonds is 0. The second-order valence-electron chi connectivity index (χ2n) is 4.26. The van der Waals surface area contributed by atoms with Crippen LogP contribution in [0.1, 0.15) is 26.7 Å². The molecule has 2 heteroatoms. The van der Waals surface area contributed by atoms with Crippen LogP contribution >= 0.6 is 0 Å². The molecule has 1 aliphatic carbocycles.